The van der Waals surface area contributed by atoms with Crippen LogP contribution in [-0.2, 0) is 13.6 Å². The van der Waals surface area contributed by atoms with Gasteiger partial charge in [0.15, 0.2) is 12.4 Å². The molecule has 17 heavy (non-hydrogen) atoms. The summed E-state index contributed by atoms with van der Waals surface area (Å²) in [7, 11) is 2.02. The molecule has 0 aliphatic rings. The van der Waals surface area contributed by atoms with Crippen molar-refractivity contribution >= 4 is 5.69 Å². The summed E-state index contributed by atoms with van der Waals surface area (Å²) in [6.45, 7) is 2.89. The highest BCUT2D eigenvalue weighted by atomic mass is 15.3. The van der Waals surface area contributed by atoms with E-state index in [1.165, 1.54) is 11.1 Å². The van der Waals surface area contributed by atoms with Gasteiger partial charge in [-0.15, -0.1) is 0 Å². The Labute approximate surface area is 102 Å². The molecule has 0 fully saturated rings. The van der Waals surface area contributed by atoms with Gasteiger partial charge < -0.3 is 5.43 Å². The van der Waals surface area contributed by atoms with Crippen molar-refractivity contribution in [3.05, 3.63) is 59.9 Å². The SMILES string of the molecule is Cc1ccccc1NNCc1cc[n+](C)cc1. The Hall–Kier alpha value is -1.87. The Kier molecular flexibility index (Phi) is 3.73. The lowest BCUT2D eigenvalue weighted by atomic mass is 10.2. The maximum atomic E-state index is 3.22. The largest absolute Gasteiger partial charge is 0.321 e. The van der Waals surface area contributed by atoms with Crippen LogP contribution >= 0.6 is 0 Å². The van der Waals surface area contributed by atoms with Crippen molar-refractivity contribution < 1.29 is 4.57 Å². The third-order valence-electron chi connectivity index (χ3n) is 2.71. The van der Waals surface area contributed by atoms with Gasteiger partial charge in [0.1, 0.15) is 7.05 Å². The zero-order valence-electron chi connectivity index (χ0n) is 10.3. The molecule has 0 atom stereocenters. The van der Waals surface area contributed by atoms with E-state index < -0.39 is 0 Å². The quantitative estimate of drug-likeness (QED) is 0.618. The van der Waals surface area contributed by atoms with Gasteiger partial charge in [-0.25, -0.2) is 9.99 Å². The van der Waals surface area contributed by atoms with E-state index in [0.29, 0.717) is 0 Å². The number of nitrogens with one attached hydrogen (secondary N) is 2. The molecule has 0 aliphatic carbocycles. The van der Waals surface area contributed by atoms with Gasteiger partial charge in [-0.2, -0.15) is 0 Å². The molecule has 2 rings (SSSR count). The van der Waals surface area contributed by atoms with Crippen molar-refractivity contribution in [2.24, 2.45) is 7.05 Å². The molecule has 1 aromatic heterocycles. The second kappa shape index (κ2) is 5.46. The minimum atomic E-state index is 0.801. The molecule has 0 aliphatic heterocycles. The van der Waals surface area contributed by atoms with Crippen molar-refractivity contribution in [2.75, 3.05) is 5.43 Å². The van der Waals surface area contributed by atoms with Gasteiger partial charge in [-0.05, 0) is 24.1 Å². The van der Waals surface area contributed by atoms with Gasteiger partial charge >= 0.3 is 0 Å². The fourth-order valence-corrected chi connectivity index (χ4v) is 1.60. The summed E-state index contributed by atoms with van der Waals surface area (Å²) in [5.74, 6) is 0. The first-order valence-electron chi connectivity index (χ1n) is 5.74. The second-order valence-corrected chi connectivity index (χ2v) is 4.17. The molecule has 88 valence electrons. The van der Waals surface area contributed by atoms with Gasteiger partial charge in [0.25, 0.3) is 0 Å². The summed E-state index contributed by atoms with van der Waals surface area (Å²) < 4.78 is 2.03. The number of aromatic nitrogens is 1. The second-order valence-electron chi connectivity index (χ2n) is 4.17. The van der Waals surface area contributed by atoms with Crippen LogP contribution < -0.4 is 15.4 Å². The maximum Gasteiger partial charge on any atom is 0.168 e. The van der Waals surface area contributed by atoms with Crippen molar-refractivity contribution in [1.29, 1.82) is 0 Å². The Morgan fingerprint density at radius 3 is 2.47 bits per heavy atom. The number of hydrazine groups is 1. The molecule has 0 saturated carbocycles. The standard InChI is InChI=1S/C14H18N3/c1-12-5-3-4-6-14(12)16-15-11-13-7-9-17(2)10-8-13/h3-10,15-16H,11H2,1-2H3/q+1. The lowest BCUT2D eigenvalue weighted by Gasteiger charge is -2.10. The molecule has 0 bridgehead atoms. The predicted molar refractivity (Wildman–Crippen MR) is 69.3 cm³/mol. The van der Waals surface area contributed by atoms with Gasteiger partial charge in [-0.3, -0.25) is 0 Å². The summed E-state index contributed by atoms with van der Waals surface area (Å²) in [6.07, 6.45) is 4.09. The van der Waals surface area contributed by atoms with Crippen LogP contribution in [0, 0.1) is 6.92 Å². The minimum absolute atomic E-state index is 0.801. The van der Waals surface area contributed by atoms with E-state index in [1.54, 1.807) is 0 Å². The topological polar surface area (TPSA) is 27.9 Å². The fraction of sp³-hybridized carbons (Fsp3) is 0.214. The van der Waals surface area contributed by atoms with Gasteiger partial charge in [0.2, 0.25) is 0 Å². The molecule has 1 heterocycles. The Bertz CT molecular complexity index is 477. The lowest BCUT2D eigenvalue weighted by Crippen LogP contribution is -2.27. The summed E-state index contributed by atoms with van der Waals surface area (Å²) in [4.78, 5) is 0. The molecule has 2 aromatic rings. The highest BCUT2D eigenvalue weighted by Gasteiger charge is 1.97. The first-order valence-corrected chi connectivity index (χ1v) is 5.74. The summed E-state index contributed by atoms with van der Waals surface area (Å²) in [6, 6.07) is 12.4. The van der Waals surface area contributed by atoms with Gasteiger partial charge in [0, 0.05) is 18.7 Å². The monoisotopic (exact) mass is 228 g/mol. The van der Waals surface area contributed by atoms with Crippen LogP contribution in [0.4, 0.5) is 5.69 Å². The number of nitrogens with zero attached hydrogens (tertiary/aromatic N) is 1. The number of aryl methyl sites for hydroxylation is 2. The van der Waals surface area contributed by atoms with E-state index in [9.17, 15) is 0 Å². The first kappa shape index (κ1) is 11.6. The summed E-state index contributed by atoms with van der Waals surface area (Å²) >= 11 is 0. The summed E-state index contributed by atoms with van der Waals surface area (Å²) in [5, 5.41) is 0. The van der Waals surface area contributed by atoms with E-state index in [1.807, 2.05) is 36.1 Å². The van der Waals surface area contributed by atoms with Crippen LogP contribution in [-0.4, -0.2) is 0 Å². The van der Waals surface area contributed by atoms with E-state index in [0.717, 1.165) is 12.2 Å². The summed E-state index contributed by atoms with van der Waals surface area (Å²) in [5.41, 5.74) is 10.0. The highest BCUT2D eigenvalue weighted by molar-refractivity contribution is 5.49. The van der Waals surface area contributed by atoms with E-state index in [-0.39, 0.29) is 0 Å². The number of hydrogen-bond donors (Lipinski definition) is 2. The molecule has 3 nitrogen and oxygen atoms in total. The van der Waals surface area contributed by atoms with Crippen molar-refractivity contribution in [3.8, 4) is 0 Å². The fourth-order valence-electron chi connectivity index (χ4n) is 1.60. The molecule has 3 heteroatoms. The van der Waals surface area contributed by atoms with Crippen LogP contribution in [0.3, 0.4) is 0 Å². The van der Waals surface area contributed by atoms with E-state index >= 15 is 0 Å². The zero-order valence-corrected chi connectivity index (χ0v) is 10.3. The van der Waals surface area contributed by atoms with E-state index in [2.05, 4.69) is 42.0 Å². The number of hydrogen-bond acceptors (Lipinski definition) is 2. The minimum Gasteiger partial charge on any atom is -0.321 e. The highest BCUT2D eigenvalue weighted by Crippen LogP contribution is 2.11. The van der Waals surface area contributed by atoms with Crippen LogP contribution in [0.15, 0.2) is 48.8 Å². The normalized spacial score (nSPS) is 10.2. The average molecular weight is 228 g/mol. The maximum absolute atomic E-state index is 3.22. The number of rotatable bonds is 4. The molecule has 0 unspecified atom stereocenters. The third kappa shape index (κ3) is 3.29. The van der Waals surface area contributed by atoms with E-state index in [4.69, 9.17) is 0 Å². The lowest BCUT2D eigenvalue weighted by molar-refractivity contribution is -0.671. The third-order valence-corrected chi connectivity index (χ3v) is 2.71. The molecule has 1 aromatic carbocycles. The Morgan fingerprint density at radius 2 is 1.76 bits per heavy atom. The molecule has 0 radical (unpaired) electrons. The predicted octanol–water partition coefficient (Wildman–Crippen LogP) is 1.94. The average Bonchev–Trinajstić information content (AvgIpc) is 2.34. The van der Waals surface area contributed by atoms with Crippen LogP contribution in [0.1, 0.15) is 11.1 Å². The first-order chi connectivity index (χ1) is 8.25. The zero-order chi connectivity index (χ0) is 12.1. The van der Waals surface area contributed by atoms with Gasteiger partial charge in [-0.1, -0.05) is 18.2 Å². The van der Waals surface area contributed by atoms with Crippen LogP contribution in [0.5, 0.6) is 0 Å². The number of para-hydroxylation sites is 1. The Balaban J connectivity index is 1.88. The molecule has 0 saturated heterocycles. The number of pyridine rings is 1. The van der Waals surface area contributed by atoms with Crippen molar-refractivity contribution in [2.45, 2.75) is 13.5 Å². The number of benzene rings is 1. The molecule has 0 spiro atoms. The van der Waals surface area contributed by atoms with Crippen LogP contribution in [0.2, 0.25) is 0 Å². The van der Waals surface area contributed by atoms with Crippen LogP contribution in [0.25, 0.3) is 0 Å². The van der Waals surface area contributed by atoms with Crippen molar-refractivity contribution in [1.82, 2.24) is 5.43 Å². The molecular weight excluding hydrogens is 210 g/mol. The Morgan fingerprint density at radius 1 is 1.06 bits per heavy atom. The molecular formula is C14H18N3+. The number of anilines is 1. The molecule has 0 amide bonds. The molecule has 2 N–H and O–H groups in total. The van der Waals surface area contributed by atoms with Crippen molar-refractivity contribution in [3.63, 3.8) is 0 Å². The van der Waals surface area contributed by atoms with Gasteiger partial charge in [0.05, 0.1) is 5.69 Å². The smallest absolute Gasteiger partial charge is 0.168 e.